The fraction of sp³-hybridized carbons (Fsp3) is 0.294. The van der Waals surface area contributed by atoms with E-state index in [-0.39, 0.29) is 18.4 Å². The number of carbonyl (C=O) groups is 2. The summed E-state index contributed by atoms with van der Waals surface area (Å²) in [5.41, 5.74) is 5.73. The molecule has 0 saturated heterocycles. The van der Waals surface area contributed by atoms with Gasteiger partial charge in [0.1, 0.15) is 5.75 Å². The molecule has 2 amide bonds. The molecular formula is C17H21N3O3. The third-order valence-corrected chi connectivity index (χ3v) is 3.36. The average molecular weight is 315 g/mol. The van der Waals surface area contributed by atoms with Gasteiger partial charge in [-0.25, -0.2) is 0 Å². The molecule has 2 N–H and O–H groups in total. The van der Waals surface area contributed by atoms with E-state index in [0.29, 0.717) is 6.54 Å². The first-order valence-electron chi connectivity index (χ1n) is 7.28. The van der Waals surface area contributed by atoms with Crippen molar-refractivity contribution in [3.63, 3.8) is 0 Å². The van der Waals surface area contributed by atoms with Gasteiger partial charge in [-0.15, -0.1) is 0 Å². The van der Waals surface area contributed by atoms with E-state index in [9.17, 15) is 9.59 Å². The van der Waals surface area contributed by atoms with Crippen molar-refractivity contribution in [2.45, 2.75) is 13.5 Å². The summed E-state index contributed by atoms with van der Waals surface area (Å²) in [6, 6.07) is 12.1. The maximum Gasteiger partial charge on any atom is 0.252 e. The molecule has 2 aromatic carbocycles. The molecule has 0 unspecified atom stereocenters. The molecular weight excluding hydrogens is 294 g/mol. The number of rotatable bonds is 5. The number of hydrogen-bond donors (Lipinski definition) is 2. The summed E-state index contributed by atoms with van der Waals surface area (Å²) in [6.45, 7) is 2.17. The predicted molar refractivity (Wildman–Crippen MR) is 88.8 cm³/mol. The SMILES string of the molecule is COc1ccc2cc(CN(C)CC(=O)NNC(C)=O)ccc2c1. The second kappa shape index (κ2) is 7.60. The summed E-state index contributed by atoms with van der Waals surface area (Å²) in [5, 5.41) is 2.23. The molecule has 23 heavy (non-hydrogen) atoms. The number of nitrogens with one attached hydrogen (secondary N) is 2. The number of carbonyl (C=O) groups excluding carboxylic acids is 2. The molecule has 0 aliphatic heterocycles. The molecule has 0 atom stereocenters. The van der Waals surface area contributed by atoms with Crippen LogP contribution >= 0.6 is 0 Å². The Kier molecular flexibility index (Phi) is 5.54. The number of likely N-dealkylation sites (N-methyl/N-ethyl adjacent to an activating group) is 1. The second-order valence-corrected chi connectivity index (χ2v) is 5.45. The number of hydrogen-bond acceptors (Lipinski definition) is 4. The minimum atomic E-state index is -0.300. The summed E-state index contributed by atoms with van der Waals surface area (Å²) >= 11 is 0. The standard InChI is InChI=1S/C17H21N3O3/c1-12(21)18-19-17(22)11-20(2)10-13-4-5-15-9-16(23-3)7-6-14(15)8-13/h4-9H,10-11H2,1-3H3,(H,18,21)(H,19,22). The molecule has 0 aromatic heterocycles. The zero-order chi connectivity index (χ0) is 16.8. The van der Waals surface area contributed by atoms with Crippen LogP contribution in [0.5, 0.6) is 5.75 Å². The molecule has 0 radical (unpaired) electrons. The van der Waals surface area contributed by atoms with Crippen molar-refractivity contribution in [1.29, 1.82) is 0 Å². The van der Waals surface area contributed by atoms with E-state index < -0.39 is 0 Å². The lowest BCUT2D eigenvalue weighted by atomic mass is 10.1. The van der Waals surface area contributed by atoms with Crippen molar-refractivity contribution < 1.29 is 14.3 Å². The molecule has 0 fully saturated rings. The lowest BCUT2D eigenvalue weighted by molar-refractivity contribution is -0.128. The van der Waals surface area contributed by atoms with E-state index in [2.05, 4.69) is 16.9 Å². The van der Waals surface area contributed by atoms with Crippen molar-refractivity contribution in [3.8, 4) is 5.75 Å². The first-order valence-corrected chi connectivity index (χ1v) is 7.28. The molecule has 6 nitrogen and oxygen atoms in total. The first-order chi connectivity index (χ1) is 11.0. The topological polar surface area (TPSA) is 70.7 Å². The minimum Gasteiger partial charge on any atom is -0.497 e. The summed E-state index contributed by atoms with van der Waals surface area (Å²) < 4.78 is 5.22. The molecule has 6 heteroatoms. The van der Waals surface area contributed by atoms with E-state index in [0.717, 1.165) is 22.1 Å². The van der Waals surface area contributed by atoms with E-state index in [4.69, 9.17) is 4.74 Å². The Labute approximate surface area is 135 Å². The Morgan fingerprint density at radius 1 is 1.09 bits per heavy atom. The van der Waals surface area contributed by atoms with E-state index >= 15 is 0 Å². The van der Waals surface area contributed by atoms with Crippen LogP contribution in [0.1, 0.15) is 12.5 Å². The van der Waals surface area contributed by atoms with Crippen molar-refractivity contribution >= 4 is 22.6 Å². The number of benzene rings is 2. The van der Waals surface area contributed by atoms with Crippen LogP contribution in [0.15, 0.2) is 36.4 Å². The van der Waals surface area contributed by atoms with Crippen molar-refractivity contribution in [1.82, 2.24) is 15.8 Å². The van der Waals surface area contributed by atoms with Crippen LogP contribution in [-0.2, 0) is 16.1 Å². The van der Waals surface area contributed by atoms with Crippen molar-refractivity contribution in [2.75, 3.05) is 20.7 Å². The molecule has 0 saturated carbocycles. The molecule has 0 spiro atoms. The summed E-state index contributed by atoms with van der Waals surface area (Å²) in [4.78, 5) is 24.3. The highest BCUT2D eigenvalue weighted by molar-refractivity contribution is 5.84. The zero-order valence-corrected chi connectivity index (χ0v) is 13.6. The van der Waals surface area contributed by atoms with Gasteiger partial charge in [-0.1, -0.05) is 18.2 Å². The monoisotopic (exact) mass is 315 g/mol. The number of amides is 2. The first kappa shape index (κ1) is 16.8. The number of methoxy groups -OCH3 is 1. The molecule has 0 bridgehead atoms. The van der Waals surface area contributed by atoms with E-state index in [1.165, 1.54) is 6.92 Å². The average Bonchev–Trinajstić information content (AvgIpc) is 2.52. The summed E-state index contributed by atoms with van der Waals surface area (Å²) in [7, 11) is 3.50. The summed E-state index contributed by atoms with van der Waals surface area (Å²) in [6.07, 6.45) is 0. The quantitative estimate of drug-likeness (QED) is 0.819. The smallest absolute Gasteiger partial charge is 0.252 e. The molecule has 0 aliphatic carbocycles. The number of fused-ring (bicyclic) bond motifs is 1. The lowest BCUT2D eigenvalue weighted by Crippen LogP contribution is -2.44. The van der Waals surface area contributed by atoms with Crippen LogP contribution in [0.3, 0.4) is 0 Å². The van der Waals surface area contributed by atoms with Crippen LogP contribution in [-0.4, -0.2) is 37.4 Å². The van der Waals surface area contributed by atoms with Crippen LogP contribution in [0.25, 0.3) is 10.8 Å². The number of nitrogens with zero attached hydrogens (tertiary/aromatic N) is 1. The van der Waals surface area contributed by atoms with E-state index in [1.54, 1.807) is 7.11 Å². The van der Waals surface area contributed by atoms with Crippen molar-refractivity contribution in [2.24, 2.45) is 0 Å². The molecule has 122 valence electrons. The third kappa shape index (κ3) is 4.96. The Morgan fingerprint density at radius 3 is 2.48 bits per heavy atom. The highest BCUT2D eigenvalue weighted by atomic mass is 16.5. The van der Waals surface area contributed by atoms with Gasteiger partial charge in [-0.2, -0.15) is 0 Å². The Bertz CT molecular complexity index is 715. The maximum atomic E-state index is 11.6. The van der Waals surface area contributed by atoms with Gasteiger partial charge in [0.15, 0.2) is 0 Å². The van der Waals surface area contributed by atoms with Gasteiger partial charge >= 0.3 is 0 Å². The number of ether oxygens (including phenoxy) is 1. The minimum absolute atomic E-state index is 0.195. The molecule has 2 aromatic rings. The van der Waals surface area contributed by atoms with Crippen molar-refractivity contribution in [3.05, 3.63) is 42.0 Å². The highest BCUT2D eigenvalue weighted by Crippen LogP contribution is 2.22. The maximum absolute atomic E-state index is 11.6. The fourth-order valence-corrected chi connectivity index (χ4v) is 2.31. The Balaban J connectivity index is 1.98. The van der Waals surface area contributed by atoms with Gasteiger partial charge < -0.3 is 4.74 Å². The number of hydrazine groups is 1. The highest BCUT2D eigenvalue weighted by Gasteiger charge is 2.08. The molecule has 0 aliphatic rings. The van der Waals surface area contributed by atoms with Gasteiger partial charge in [-0.3, -0.25) is 25.3 Å². The van der Waals surface area contributed by atoms with Gasteiger partial charge in [0.2, 0.25) is 5.91 Å². The van der Waals surface area contributed by atoms with Crippen LogP contribution in [0, 0.1) is 0 Å². The van der Waals surface area contributed by atoms with Gasteiger partial charge in [-0.05, 0) is 41.6 Å². The normalized spacial score (nSPS) is 10.6. The van der Waals surface area contributed by atoms with Gasteiger partial charge in [0.25, 0.3) is 5.91 Å². The lowest BCUT2D eigenvalue weighted by Gasteiger charge is -2.16. The van der Waals surface area contributed by atoms with Gasteiger partial charge in [0, 0.05) is 13.5 Å². The Morgan fingerprint density at radius 2 is 1.78 bits per heavy atom. The largest absolute Gasteiger partial charge is 0.497 e. The van der Waals surface area contributed by atoms with Crippen LogP contribution < -0.4 is 15.6 Å². The molecule has 0 heterocycles. The second-order valence-electron chi connectivity index (χ2n) is 5.45. The Hall–Kier alpha value is -2.60. The van der Waals surface area contributed by atoms with Crippen LogP contribution in [0.2, 0.25) is 0 Å². The van der Waals surface area contributed by atoms with Gasteiger partial charge in [0.05, 0.1) is 13.7 Å². The molecule has 2 rings (SSSR count). The third-order valence-electron chi connectivity index (χ3n) is 3.36. The zero-order valence-electron chi connectivity index (χ0n) is 13.6. The van der Waals surface area contributed by atoms with Crippen LogP contribution in [0.4, 0.5) is 0 Å². The van der Waals surface area contributed by atoms with E-state index in [1.807, 2.05) is 42.3 Å². The summed E-state index contributed by atoms with van der Waals surface area (Å²) in [5.74, 6) is 0.274. The fourth-order valence-electron chi connectivity index (χ4n) is 2.31. The predicted octanol–water partition coefficient (Wildman–Crippen LogP) is 1.45.